The van der Waals surface area contributed by atoms with E-state index in [1.165, 1.54) is 7.11 Å². The monoisotopic (exact) mass is 278 g/mol. The normalized spacial score (nSPS) is 11.8. The predicted octanol–water partition coefficient (Wildman–Crippen LogP) is 1.13. The molecule has 0 heterocycles. The van der Waals surface area contributed by atoms with E-state index in [9.17, 15) is 9.59 Å². The molecular weight excluding hydrogens is 256 g/mol. The Kier molecular flexibility index (Phi) is 6.73. The number of hydrogen-bond donors (Lipinski definition) is 2. The molecule has 1 rings (SSSR count). The lowest BCUT2D eigenvalue weighted by Crippen LogP contribution is -2.35. The van der Waals surface area contributed by atoms with Gasteiger partial charge in [0, 0.05) is 11.6 Å². The standard InChI is InChI=1S/C15H22N2O3/c1-11(10-14(18)20-3)17-15(19)13-7-5-4-6-12(13)8-9-16-2/h4-7,11,16H,8-10H2,1-3H3,(H,17,19). The van der Waals surface area contributed by atoms with Gasteiger partial charge in [-0.2, -0.15) is 0 Å². The molecule has 0 saturated heterocycles. The largest absolute Gasteiger partial charge is 0.469 e. The van der Waals surface area contributed by atoms with Crippen molar-refractivity contribution in [3.63, 3.8) is 0 Å². The van der Waals surface area contributed by atoms with Gasteiger partial charge in [-0.05, 0) is 38.6 Å². The van der Waals surface area contributed by atoms with Crippen molar-refractivity contribution in [2.45, 2.75) is 25.8 Å². The number of carbonyl (C=O) groups is 2. The van der Waals surface area contributed by atoms with Crippen LogP contribution in [0.15, 0.2) is 24.3 Å². The van der Waals surface area contributed by atoms with E-state index in [0.717, 1.165) is 18.5 Å². The van der Waals surface area contributed by atoms with Gasteiger partial charge in [0.2, 0.25) is 0 Å². The summed E-state index contributed by atoms with van der Waals surface area (Å²) in [6.07, 6.45) is 0.951. The predicted molar refractivity (Wildman–Crippen MR) is 77.6 cm³/mol. The summed E-state index contributed by atoms with van der Waals surface area (Å²) in [7, 11) is 3.21. The van der Waals surface area contributed by atoms with Gasteiger partial charge in [-0.3, -0.25) is 9.59 Å². The molecular formula is C15H22N2O3. The average Bonchev–Trinajstić information content (AvgIpc) is 2.44. The molecule has 1 aromatic carbocycles. The maximum Gasteiger partial charge on any atom is 0.307 e. The first kappa shape index (κ1) is 16.2. The molecule has 1 aromatic rings. The third-order valence-electron chi connectivity index (χ3n) is 2.98. The molecule has 0 aromatic heterocycles. The van der Waals surface area contributed by atoms with Crippen molar-refractivity contribution >= 4 is 11.9 Å². The summed E-state index contributed by atoms with van der Waals surface area (Å²) in [5, 5.41) is 5.88. The lowest BCUT2D eigenvalue weighted by molar-refractivity contribution is -0.141. The van der Waals surface area contributed by atoms with Gasteiger partial charge in [-0.15, -0.1) is 0 Å². The molecule has 0 aliphatic carbocycles. The summed E-state index contributed by atoms with van der Waals surface area (Å²) >= 11 is 0. The van der Waals surface area contributed by atoms with Gasteiger partial charge in [-0.1, -0.05) is 18.2 Å². The van der Waals surface area contributed by atoms with Crippen molar-refractivity contribution in [3.05, 3.63) is 35.4 Å². The van der Waals surface area contributed by atoms with Crippen molar-refractivity contribution in [3.8, 4) is 0 Å². The second kappa shape index (κ2) is 8.32. The van der Waals surface area contributed by atoms with Crippen LogP contribution in [0.2, 0.25) is 0 Å². The maximum absolute atomic E-state index is 12.2. The second-order valence-corrected chi connectivity index (χ2v) is 4.67. The van der Waals surface area contributed by atoms with E-state index in [0.29, 0.717) is 5.56 Å². The Bertz CT molecular complexity index is 460. The van der Waals surface area contributed by atoms with E-state index in [4.69, 9.17) is 0 Å². The first-order valence-electron chi connectivity index (χ1n) is 6.68. The van der Waals surface area contributed by atoms with Crippen molar-refractivity contribution in [1.29, 1.82) is 0 Å². The molecule has 0 radical (unpaired) electrons. The van der Waals surface area contributed by atoms with Gasteiger partial charge in [-0.25, -0.2) is 0 Å². The number of methoxy groups -OCH3 is 1. The number of esters is 1. The summed E-state index contributed by atoms with van der Waals surface area (Å²) in [6, 6.07) is 7.23. The van der Waals surface area contributed by atoms with Crippen LogP contribution in [0.25, 0.3) is 0 Å². The smallest absolute Gasteiger partial charge is 0.307 e. The Morgan fingerprint density at radius 3 is 2.65 bits per heavy atom. The number of hydrogen-bond acceptors (Lipinski definition) is 4. The Labute approximate surface area is 119 Å². The lowest BCUT2D eigenvalue weighted by atomic mass is 10.0. The van der Waals surface area contributed by atoms with E-state index >= 15 is 0 Å². The molecule has 5 heteroatoms. The quantitative estimate of drug-likeness (QED) is 0.734. The molecule has 2 N–H and O–H groups in total. The second-order valence-electron chi connectivity index (χ2n) is 4.67. The van der Waals surface area contributed by atoms with E-state index in [-0.39, 0.29) is 24.3 Å². The Morgan fingerprint density at radius 2 is 2.00 bits per heavy atom. The van der Waals surface area contributed by atoms with Gasteiger partial charge < -0.3 is 15.4 Å². The lowest BCUT2D eigenvalue weighted by Gasteiger charge is -2.14. The SMILES string of the molecule is CNCCc1ccccc1C(=O)NC(C)CC(=O)OC. The first-order valence-corrected chi connectivity index (χ1v) is 6.68. The van der Waals surface area contributed by atoms with E-state index < -0.39 is 0 Å². The Morgan fingerprint density at radius 1 is 1.30 bits per heavy atom. The zero-order valence-corrected chi connectivity index (χ0v) is 12.2. The highest BCUT2D eigenvalue weighted by molar-refractivity contribution is 5.96. The van der Waals surface area contributed by atoms with Gasteiger partial charge in [0.1, 0.15) is 0 Å². The molecule has 0 bridgehead atoms. The summed E-state index contributed by atoms with van der Waals surface area (Å²) in [4.78, 5) is 23.4. The van der Waals surface area contributed by atoms with E-state index in [1.54, 1.807) is 13.0 Å². The number of likely N-dealkylation sites (N-methyl/N-ethyl adjacent to an activating group) is 1. The van der Waals surface area contributed by atoms with Crippen LogP contribution in [0.5, 0.6) is 0 Å². The van der Waals surface area contributed by atoms with E-state index in [1.807, 2.05) is 25.2 Å². The summed E-state index contributed by atoms with van der Waals surface area (Å²) in [6.45, 7) is 2.59. The molecule has 0 fully saturated rings. The molecule has 1 unspecified atom stereocenters. The highest BCUT2D eigenvalue weighted by Crippen LogP contribution is 2.10. The molecule has 0 aliphatic heterocycles. The minimum atomic E-state index is -0.332. The summed E-state index contributed by atoms with van der Waals surface area (Å²) in [5.74, 6) is -0.491. The molecule has 20 heavy (non-hydrogen) atoms. The minimum absolute atomic E-state index is 0.159. The van der Waals surface area contributed by atoms with Crippen LogP contribution in [-0.2, 0) is 16.0 Å². The van der Waals surface area contributed by atoms with Crippen LogP contribution in [0.3, 0.4) is 0 Å². The van der Waals surface area contributed by atoms with Gasteiger partial charge in [0.15, 0.2) is 0 Å². The molecule has 1 amide bonds. The number of amides is 1. The number of nitrogens with one attached hydrogen (secondary N) is 2. The van der Waals surface area contributed by atoms with Gasteiger partial charge in [0.05, 0.1) is 13.5 Å². The average molecular weight is 278 g/mol. The number of rotatable bonds is 7. The molecule has 1 atom stereocenters. The first-order chi connectivity index (χ1) is 9.58. The molecule has 110 valence electrons. The van der Waals surface area contributed by atoms with Gasteiger partial charge >= 0.3 is 5.97 Å². The van der Waals surface area contributed by atoms with Crippen LogP contribution >= 0.6 is 0 Å². The molecule has 5 nitrogen and oxygen atoms in total. The number of ether oxygens (including phenoxy) is 1. The van der Waals surface area contributed by atoms with Crippen molar-refractivity contribution in [2.24, 2.45) is 0 Å². The minimum Gasteiger partial charge on any atom is -0.469 e. The Hall–Kier alpha value is -1.88. The maximum atomic E-state index is 12.2. The highest BCUT2D eigenvalue weighted by Gasteiger charge is 2.15. The van der Waals surface area contributed by atoms with Crippen LogP contribution in [0, 0.1) is 0 Å². The van der Waals surface area contributed by atoms with Crippen molar-refractivity contribution < 1.29 is 14.3 Å². The van der Waals surface area contributed by atoms with Crippen LogP contribution in [0.4, 0.5) is 0 Å². The zero-order chi connectivity index (χ0) is 15.0. The molecule has 0 spiro atoms. The fraction of sp³-hybridized carbons (Fsp3) is 0.467. The summed E-state index contributed by atoms with van der Waals surface area (Å²) < 4.78 is 4.59. The van der Waals surface area contributed by atoms with Crippen LogP contribution < -0.4 is 10.6 Å². The fourth-order valence-corrected chi connectivity index (χ4v) is 1.91. The third-order valence-corrected chi connectivity index (χ3v) is 2.98. The van der Waals surface area contributed by atoms with Crippen molar-refractivity contribution in [2.75, 3.05) is 20.7 Å². The van der Waals surface area contributed by atoms with Gasteiger partial charge in [0.25, 0.3) is 5.91 Å². The molecule has 0 aliphatic rings. The topological polar surface area (TPSA) is 67.4 Å². The van der Waals surface area contributed by atoms with Crippen LogP contribution in [0.1, 0.15) is 29.3 Å². The third kappa shape index (κ3) is 5.01. The highest BCUT2D eigenvalue weighted by atomic mass is 16.5. The molecule has 0 saturated carbocycles. The number of carbonyl (C=O) groups excluding carboxylic acids is 2. The Balaban J connectivity index is 2.69. The fourth-order valence-electron chi connectivity index (χ4n) is 1.91. The zero-order valence-electron chi connectivity index (χ0n) is 12.2. The van der Waals surface area contributed by atoms with Crippen molar-refractivity contribution in [1.82, 2.24) is 10.6 Å². The summed E-state index contributed by atoms with van der Waals surface area (Å²) in [5.41, 5.74) is 1.64. The van der Waals surface area contributed by atoms with E-state index in [2.05, 4.69) is 15.4 Å². The number of benzene rings is 1. The van der Waals surface area contributed by atoms with Crippen LogP contribution in [-0.4, -0.2) is 38.6 Å².